The molecule has 1 fully saturated rings. The van der Waals surface area contributed by atoms with Gasteiger partial charge in [0.05, 0.1) is 26.9 Å². The molecule has 5 nitrogen and oxygen atoms in total. The topological polar surface area (TPSA) is 57.7 Å². The predicted octanol–water partition coefficient (Wildman–Crippen LogP) is 4.01. The highest BCUT2D eigenvalue weighted by atomic mass is 35.5. The normalized spacial score (nSPS) is 19.1. The van der Waals surface area contributed by atoms with Crippen LogP contribution >= 0.6 is 35.6 Å². The summed E-state index contributed by atoms with van der Waals surface area (Å²) in [6.45, 7) is 1.31. The average Bonchev–Trinajstić information content (AvgIpc) is 3.08. The molecule has 2 aliphatic rings. The molecule has 0 spiro atoms. The number of thiocarbonyl (C=S) groups is 1. The van der Waals surface area contributed by atoms with Crippen molar-refractivity contribution < 1.29 is 14.4 Å². The number of thioether (sulfide) groups is 1. The number of carbonyl (C=O) groups excluding carboxylic acids is 3. The Balaban J connectivity index is 1.89. The van der Waals surface area contributed by atoms with E-state index in [9.17, 15) is 14.4 Å². The summed E-state index contributed by atoms with van der Waals surface area (Å²) in [5.41, 5.74) is 1.65. The molecule has 27 heavy (non-hydrogen) atoms. The minimum atomic E-state index is -0.525. The minimum absolute atomic E-state index is 0.188. The van der Waals surface area contributed by atoms with Crippen LogP contribution in [0.25, 0.3) is 5.57 Å². The van der Waals surface area contributed by atoms with Gasteiger partial charge >= 0.3 is 0 Å². The first-order valence-corrected chi connectivity index (χ1v) is 9.51. The van der Waals surface area contributed by atoms with Crippen molar-refractivity contribution >= 4 is 74.6 Å². The smallest absolute Gasteiger partial charge is 0.271 e. The van der Waals surface area contributed by atoms with E-state index in [-0.39, 0.29) is 14.8 Å². The number of fused-ring (bicyclic) bond motifs is 1. The summed E-state index contributed by atoms with van der Waals surface area (Å²) in [7, 11) is 0. The Labute approximate surface area is 169 Å². The van der Waals surface area contributed by atoms with Crippen molar-refractivity contribution in [2.75, 3.05) is 9.80 Å². The molecule has 0 saturated carbocycles. The van der Waals surface area contributed by atoms with Crippen LogP contribution in [0, 0.1) is 0 Å². The Morgan fingerprint density at radius 2 is 1.63 bits per heavy atom. The second-order valence-corrected chi connectivity index (χ2v) is 7.89. The Morgan fingerprint density at radius 3 is 2.30 bits per heavy atom. The molecule has 0 N–H and O–H groups in total. The monoisotopic (exact) mass is 414 g/mol. The number of para-hydroxylation sites is 2. The SMILES string of the molecule is CC(=O)N1C(=O)/C(=C2\SC(=S)N(c3ccccc3Cl)C2=O)c2ccccc21. The minimum Gasteiger partial charge on any atom is -0.274 e. The zero-order valence-electron chi connectivity index (χ0n) is 13.9. The molecule has 134 valence electrons. The van der Waals surface area contributed by atoms with Gasteiger partial charge in [0.15, 0.2) is 4.32 Å². The van der Waals surface area contributed by atoms with E-state index in [4.69, 9.17) is 23.8 Å². The fraction of sp³-hybridized carbons (Fsp3) is 0.0526. The summed E-state index contributed by atoms with van der Waals surface area (Å²) < 4.78 is 0.280. The van der Waals surface area contributed by atoms with Gasteiger partial charge in [0.2, 0.25) is 5.91 Å². The third-order valence-corrected chi connectivity index (χ3v) is 5.93. The van der Waals surface area contributed by atoms with Crippen molar-refractivity contribution in [3.8, 4) is 0 Å². The summed E-state index contributed by atoms with van der Waals surface area (Å²) in [5.74, 6) is -1.37. The first-order chi connectivity index (χ1) is 12.9. The third-order valence-electron chi connectivity index (χ3n) is 4.24. The van der Waals surface area contributed by atoms with E-state index in [0.717, 1.165) is 16.7 Å². The quantitative estimate of drug-likeness (QED) is 0.521. The molecule has 2 aromatic carbocycles. The van der Waals surface area contributed by atoms with Crippen LogP contribution in [0.2, 0.25) is 5.02 Å². The van der Waals surface area contributed by atoms with Gasteiger partial charge < -0.3 is 0 Å². The van der Waals surface area contributed by atoms with Gasteiger partial charge in [-0.3, -0.25) is 19.3 Å². The highest BCUT2D eigenvalue weighted by Crippen LogP contribution is 2.46. The zero-order chi connectivity index (χ0) is 19.3. The molecule has 0 aliphatic carbocycles. The molecule has 3 amide bonds. The Hall–Kier alpha value is -2.48. The van der Waals surface area contributed by atoms with E-state index < -0.39 is 17.7 Å². The summed E-state index contributed by atoms with van der Waals surface area (Å²) in [5, 5.41) is 0.378. The van der Waals surface area contributed by atoms with Gasteiger partial charge in [0, 0.05) is 12.5 Å². The van der Waals surface area contributed by atoms with E-state index in [2.05, 4.69) is 0 Å². The lowest BCUT2D eigenvalue weighted by Crippen LogP contribution is -2.32. The maximum Gasteiger partial charge on any atom is 0.271 e. The molecule has 1 saturated heterocycles. The van der Waals surface area contributed by atoms with Crippen LogP contribution in [0.15, 0.2) is 53.4 Å². The molecule has 0 radical (unpaired) electrons. The highest BCUT2D eigenvalue weighted by Gasteiger charge is 2.43. The largest absolute Gasteiger partial charge is 0.274 e. The molecular formula is C19H11ClN2O3S2. The van der Waals surface area contributed by atoms with Crippen LogP contribution in [-0.2, 0) is 14.4 Å². The van der Waals surface area contributed by atoms with Gasteiger partial charge in [-0.15, -0.1) is 0 Å². The average molecular weight is 415 g/mol. The lowest BCUT2D eigenvalue weighted by molar-refractivity contribution is -0.122. The first-order valence-electron chi connectivity index (χ1n) is 7.91. The first kappa shape index (κ1) is 17.9. The van der Waals surface area contributed by atoms with Crippen LogP contribution in [0.4, 0.5) is 11.4 Å². The summed E-state index contributed by atoms with van der Waals surface area (Å²) in [4.78, 5) is 40.7. The van der Waals surface area contributed by atoms with E-state index in [1.807, 2.05) is 0 Å². The van der Waals surface area contributed by atoms with Crippen LogP contribution in [0.5, 0.6) is 0 Å². The lowest BCUT2D eigenvalue weighted by atomic mass is 10.1. The number of halogens is 1. The second-order valence-electron chi connectivity index (χ2n) is 5.84. The van der Waals surface area contributed by atoms with Gasteiger partial charge in [-0.1, -0.05) is 65.9 Å². The lowest BCUT2D eigenvalue weighted by Gasteiger charge is -2.15. The van der Waals surface area contributed by atoms with E-state index in [0.29, 0.717) is 22.0 Å². The van der Waals surface area contributed by atoms with Crippen LogP contribution in [-0.4, -0.2) is 22.0 Å². The van der Waals surface area contributed by atoms with Gasteiger partial charge in [-0.05, 0) is 18.2 Å². The Morgan fingerprint density at radius 1 is 1.00 bits per heavy atom. The molecule has 2 aromatic rings. The van der Waals surface area contributed by atoms with E-state index in [1.165, 1.54) is 11.8 Å². The highest BCUT2D eigenvalue weighted by molar-refractivity contribution is 8.27. The van der Waals surface area contributed by atoms with Crippen LogP contribution in [0.3, 0.4) is 0 Å². The van der Waals surface area contributed by atoms with Crippen molar-refractivity contribution in [3.05, 3.63) is 64.0 Å². The Bertz CT molecular complexity index is 1080. The number of rotatable bonds is 1. The van der Waals surface area contributed by atoms with E-state index in [1.54, 1.807) is 48.5 Å². The standard InChI is InChI=1S/C19H11ClN2O3S2/c1-10(23)21-13-8-4-2-6-11(13)15(17(21)24)16-18(25)22(19(26)27-16)14-9-5-3-7-12(14)20/h2-9H,1H3/b16-15-. The number of imide groups is 1. The fourth-order valence-corrected chi connectivity index (χ4v) is 4.68. The predicted molar refractivity (Wildman–Crippen MR) is 111 cm³/mol. The maximum absolute atomic E-state index is 13.1. The van der Waals surface area contributed by atoms with Gasteiger partial charge in [0.1, 0.15) is 0 Å². The van der Waals surface area contributed by atoms with E-state index >= 15 is 0 Å². The molecule has 0 atom stereocenters. The summed E-state index contributed by atoms with van der Waals surface area (Å²) in [6, 6.07) is 13.7. The molecule has 0 unspecified atom stereocenters. The number of nitrogens with zero attached hydrogens (tertiary/aromatic N) is 2. The summed E-state index contributed by atoms with van der Waals surface area (Å²) in [6.07, 6.45) is 0. The fourth-order valence-electron chi connectivity index (χ4n) is 3.11. The van der Waals surface area contributed by atoms with Crippen molar-refractivity contribution in [1.29, 1.82) is 0 Å². The van der Waals surface area contributed by atoms with Gasteiger partial charge in [0.25, 0.3) is 11.8 Å². The van der Waals surface area contributed by atoms with Crippen LogP contribution < -0.4 is 9.80 Å². The third kappa shape index (κ3) is 2.70. The second kappa shape index (κ2) is 6.60. The Kier molecular flexibility index (Phi) is 4.38. The van der Waals surface area contributed by atoms with Crippen molar-refractivity contribution in [2.45, 2.75) is 6.92 Å². The maximum atomic E-state index is 13.1. The molecular weight excluding hydrogens is 404 g/mol. The van der Waals surface area contributed by atoms with Crippen molar-refractivity contribution in [1.82, 2.24) is 0 Å². The zero-order valence-corrected chi connectivity index (χ0v) is 16.3. The number of amides is 3. The molecule has 0 bridgehead atoms. The molecule has 8 heteroatoms. The van der Waals surface area contributed by atoms with Crippen LogP contribution in [0.1, 0.15) is 12.5 Å². The number of hydrogen-bond acceptors (Lipinski definition) is 5. The number of anilines is 2. The van der Waals surface area contributed by atoms with Gasteiger partial charge in [-0.2, -0.15) is 0 Å². The number of carbonyl (C=O) groups is 3. The summed E-state index contributed by atoms with van der Waals surface area (Å²) >= 11 is 12.6. The molecule has 2 aliphatic heterocycles. The van der Waals surface area contributed by atoms with Crippen molar-refractivity contribution in [2.24, 2.45) is 0 Å². The number of hydrogen-bond donors (Lipinski definition) is 0. The number of benzene rings is 2. The molecule has 4 rings (SSSR count). The van der Waals surface area contributed by atoms with Crippen molar-refractivity contribution in [3.63, 3.8) is 0 Å². The van der Waals surface area contributed by atoms with Gasteiger partial charge in [-0.25, -0.2) is 4.90 Å². The molecule has 0 aromatic heterocycles. The molecule has 2 heterocycles.